The standard InChI is InChI=1S/2Be.FH.H3O4P/c;;;1-5(2,3)4/h;;1H;(H3,1,2,3,4)/q2*+2;;/p-4. The second-order valence-electron chi connectivity index (χ2n) is 0.447. The molecule has 40 valence electrons. The molecular weight excluding hydrogens is 132 g/mol. The molecule has 8 heavy (non-hydrogen) atoms. The normalized spacial score (nSPS) is 7.38. The summed E-state index contributed by atoms with van der Waals surface area (Å²) in [4.78, 5) is 25.6. The summed E-state index contributed by atoms with van der Waals surface area (Å²) >= 11 is 0. The molecule has 0 aliphatic heterocycles. The van der Waals surface area contributed by atoms with E-state index < -0.39 is 7.82 Å². The van der Waals surface area contributed by atoms with Gasteiger partial charge in [-0.3, -0.25) is 0 Å². The van der Waals surface area contributed by atoms with Crippen LogP contribution in [0.3, 0.4) is 0 Å². The van der Waals surface area contributed by atoms with Gasteiger partial charge < -0.3 is 23.9 Å². The fraction of sp³-hybridized carbons (Fsp3) is 0. The van der Waals surface area contributed by atoms with E-state index in [4.69, 9.17) is 19.2 Å². The van der Waals surface area contributed by atoms with E-state index in [-0.39, 0.29) is 24.9 Å². The Balaban J connectivity index is -0.0000000267. The van der Waals surface area contributed by atoms with Crippen LogP contribution in [0.1, 0.15) is 0 Å². The Kier molecular flexibility index (Phi) is 21.9. The molecule has 0 N–H and O–H groups in total. The number of halogens is 1. The summed E-state index contributed by atoms with van der Waals surface area (Å²) in [6.07, 6.45) is 0. The molecule has 4 nitrogen and oxygen atoms in total. The van der Waals surface area contributed by atoms with Gasteiger partial charge in [-0.25, -0.2) is 0 Å². The van der Waals surface area contributed by atoms with Gasteiger partial charge in [0, 0.05) is 0 Å². The first-order valence-electron chi connectivity index (χ1n) is 0.730. The average Bonchev–Trinajstić information content (AvgIpc) is 0.722. The molecule has 0 aromatic carbocycles. The number of hydrogen-bond donors (Lipinski definition) is 0. The maximum Gasteiger partial charge on any atom is 2.00 e. The Morgan fingerprint density at radius 2 is 1.00 bits per heavy atom. The molecule has 8 heteroatoms. The zero-order chi connectivity index (χ0) is 4.50. The minimum absolute atomic E-state index is 0. The molecule has 0 spiro atoms. The van der Waals surface area contributed by atoms with Crippen LogP contribution in [-0.4, -0.2) is 20.2 Å². The Labute approximate surface area is 53.0 Å². The molecule has 0 radical (unpaired) electrons. The number of hydrogen-bond acceptors (Lipinski definition) is 4. The predicted molar refractivity (Wildman–Crippen MR) is 19.1 cm³/mol. The van der Waals surface area contributed by atoms with E-state index in [1.54, 1.807) is 0 Å². The van der Waals surface area contributed by atoms with Crippen LogP contribution in [0.2, 0.25) is 0 Å². The SMILES string of the molecule is O=P([O-])([O-])[O-].[Be+2].[Be+2].[F-]. The Morgan fingerprint density at radius 3 is 1.00 bits per heavy atom. The molecule has 0 aliphatic carbocycles. The molecule has 0 aromatic heterocycles. The summed E-state index contributed by atoms with van der Waals surface area (Å²) in [7, 11) is -5.39. The number of phosphoric acid groups is 1. The first-order chi connectivity index (χ1) is 2.00. The van der Waals surface area contributed by atoms with Gasteiger partial charge in [0.05, 0.1) is 0 Å². The van der Waals surface area contributed by atoms with Gasteiger partial charge in [-0.2, -0.15) is 7.82 Å². The molecule has 0 aromatic rings. The van der Waals surface area contributed by atoms with Crippen LogP contribution in [0.25, 0.3) is 0 Å². The van der Waals surface area contributed by atoms with Gasteiger partial charge in [0.1, 0.15) is 0 Å². The second-order valence-corrected chi connectivity index (χ2v) is 1.34. The van der Waals surface area contributed by atoms with Crippen molar-refractivity contribution in [2.45, 2.75) is 0 Å². The minimum atomic E-state index is -5.39. The van der Waals surface area contributed by atoms with Crippen molar-refractivity contribution in [2.75, 3.05) is 0 Å². The Morgan fingerprint density at radius 1 is 1.00 bits per heavy atom. The molecule has 0 amide bonds. The molecular formula is Be2FO4P. The summed E-state index contributed by atoms with van der Waals surface area (Å²) in [6, 6.07) is 0. The van der Waals surface area contributed by atoms with Gasteiger partial charge in [0.25, 0.3) is 0 Å². The quantitative estimate of drug-likeness (QED) is 0.242. The molecule has 0 rings (SSSR count). The molecule has 0 aliphatic rings. The van der Waals surface area contributed by atoms with E-state index >= 15 is 0 Å². The summed E-state index contributed by atoms with van der Waals surface area (Å²) < 4.78 is 8.55. The van der Waals surface area contributed by atoms with Crippen molar-refractivity contribution >= 4 is 28.1 Å². The van der Waals surface area contributed by atoms with Crippen LogP contribution in [-0.2, 0) is 4.57 Å². The number of rotatable bonds is 0. The maximum absolute atomic E-state index is 8.55. The van der Waals surface area contributed by atoms with Gasteiger partial charge in [0.15, 0.2) is 0 Å². The van der Waals surface area contributed by atoms with Gasteiger partial charge in [0.2, 0.25) is 0 Å². The van der Waals surface area contributed by atoms with Crippen molar-refractivity contribution in [3.8, 4) is 0 Å². The van der Waals surface area contributed by atoms with Crippen molar-refractivity contribution in [3.05, 3.63) is 0 Å². The zero-order valence-electron chi connectivity index (χ0n) is 3.87. The Bertz CT molecular complexity index is 60.2. The van der Waals surface area contributed by atoms with Crippen molar-refractivity contribution in [2.24, 2.45) is 0 Å². The Hall–Kier alpha value is 0.378. The van der Waals surface area contributed by atoms with Crippen LogP contribution in [0.5, 0.6) is 0 Å². The van der Waals surface area contributed by atoms with Crippen molar-refractivity contribution in [3.63, 3.8) is 0 Å². The smallest absolute Gasteiger partial charge is 1.00 e. The van der Waals surface area contributed by atoms with Crippen LogP contribution in [0, 0.1) is 0 Å². The third kappa shape index (κ3) is 1290. The summed E-state index contributed by atoms with van der Waals surface area (Å²) in [5.41, 5.74) is 0. The molecule has 0 saturated heterocycles. The van der Waals surface area contributed by atoms with Crippen LogP contribution >= 0.6 is 7.82 Å². The minimum Gasteiger partial charge on any atom is -1.00 e. The average molecular weight is 132 g/mol. The summed E-state index contributed by atoms with van der Waals surface area (Å²) in [6.45, 7) is 0. The molecule has 0 fully saturated rings. The van der Waals surface area contributed by atoms with E-state index in [2.05, 4.69) is 0 Å². The zero-order valence-corrected chi connectivity index (χ0v) is 4.77. The summed E-state index contributed by atoms with van der Waals surface area (Å²) in [5.74, 6) is 0. The van der Waals surface area contributed by atoms with E-state index in [0.29, 0.717) is 0 Å². The molecule has 0 heterocycles. The van der Waals surface area contributed by atoms with E-state index in [0.717, 1.165) is 0 Å². The monoisotopic (exact) mass is 132 g/mol. The van der Waals surface area contributed by atoms with Crippen molar-refractivity contribution in [1.29, 1.82) is 0 Å². The van der Waals surface area contributed by atoms with E-state index in [1.165, 1.54) is 0 Å². The topological polar surface area (TPSA) is 86.2 Å². The second kappa shape index (κ2) is 7.38. The van der Waals surface area contributed by atoms with Crippen molar-refractivity contribution in [1.82, 2.24) is 0 Å². The van der Waals surface area contributed by atoms with Gasteiger partial charge in [-0.05, 0) is 0 Å². The van der Waals surface area contributed by atoms with Crippen molar-refractivity contribution < 1.29 is 23.9 Å². The van der Waals surface area contributed by atoms with Gasteiger partial charge >= 0.3 is 20.2 Å². The van der Waals surface area contributed by atoms with E-state index in [9.17, 15) is 0 Å². The van der Waals surface area contributed by atoms with Gasteiger partial charge in [-0.1, -0.05) is 0 Å². The van der Waals surface area contributed by atoms with Crippen LogP contribution < -0.4 is 19.4 Å². The predicted octanol–water partition coefficient (Wildman–Crippen LogP) is -6.58. The molecule has 0 atom stereocenters. The maximum atomic E-state index is 8.55. The molecule has 0 saturated carbocycles. The fourth-order valence-corrected chi connectivity index (χ4v) is 0. The van der Waals surface area contributed by atoms with Crippen LogP contribution in [0.4, 0.5) is 0 Å². The third-order valence-electron chi connectivity index (χ3n) is 0. The molecule has 0 bridgehead atoms. The largest absolute Gasteiger partial charge is 2.00 e. The fourth-order valence-electron chi connectivity index (χ4n) is 0. The molecule has 0 unspecified atom stereocenters. The van der Waals surface area contributed by atoms with Crippen LogP contribution in [0.15, 0.2) is 0 Å². The van der Waals surface area contributed by atoms with Gasteiger partial charge in [-0.15, -0.1) is 0 Å². The summed E-state index contributed by atoms with van der Waals surface area (Å²) in [5, 5.41) is 0. The third-order valence-corrected chi connectivity index (χ3v) is 0. The first kappa shape index (κ1) is 23.8. The van der Waals surface area contributed by atoms with E-state index in [1.807, 2.05) is 0 Å². The first-order valence-corrected chi connectivity index (χ1v) is 2.19.